The van der Waals surface area contributed by atoms with Crippen LogP contribution in [0.5, 0.6) is 0 Å². The zero-order chi connectivity index (χ0) is 21.8. The molecule has 8 heteroatoms. The largest absolute Gasteiger partial charge is 0.383 e. The Morgan fingerprint density at radius 1 is 1.20 bits per heavy atom. The average molecular weight is 423 g/mol. The van der Waals surface area contributed by atoms with Gasteiger partial charge in [-0.2, -0.15) is 0 Å². The zero-order valence-electron chi connectivity index (χ0n) is 19.0. The van der Waals surface area contributed by atoms with Crippen LogP contribution in [-0.2, 0) is 14.3 Å². The van der Waals surface area contributed by atoms with E-state index in [0.717, 1.165) is 19.5 Å². The summed E-state index contributed by atoms with van der Waals surface area (Å²) in [6.07, 6.45) is 3.95. The number of hydrogen-bond acceptors (Lipinski definition) is 4. The lowest BCUT2D eigenvalue weighted by Crippen LogP contribution is -2.61. The molecule has 30 heavy (non-hydrogen) atoms. The molecule has 8 nitrogen and oxygen atoms in total. The lowest BCUT2D eigenvalue weighted by atomic mass is 9.97. The predicted molar refractivity (Wildman–Crippen MR) is 114 cm³/mol. The Morgan fingerprint density at radius 3 is 2.50 bits per heavy atom. The Bertz CT molecular complexity index is 637. The summed E-state index contributed by atoms with van der Waals surface area (Å²) in [5.74, 6) is 0.951. The van der Waals surface area contributed by atoms with Gasteiger partial charge in [-0.25, -0.2) is 4.79 Å². The Labute approximate surface area is 180 Å². The summed E-state index contributed by atoms with van der Waals surface area (Å²) < 4.78 is 5.17. The van der Waals surface area contributed by atoms with Gasteiger partial charge in [0.05, 0.1) is 12.6 Å². The standard InChI is InChI=1S/C22H38N4O4/c1-5-8-23(12-17-6-7-17)20(27)15-25-14-18-13-24(9-10-30-4)21(28)19(11-16(2)3)26(18)22(25)29/h16-19H,5-15H2,1-4H3/t18-,19-/m0/s1. The van der Waals surface area contributed by atoms with Gasteiger partial charge < -0.3 is 24.3 Å². The van der Waals surface area contributed by atoms with Crippen molar-refractivity contribution in [1.82, 2.24) is 19.6 Å². The number of nitrogens with zero attached hydrogens (tertiary/aromatic N) is 4. The molecule has 0 spiro atoms. The fraction of sp³-hybridized carbons (Fsp3) is 0.864. The average Bonchev–Trinajstić information content (AvgIpc) is 3.46. The molecule has 1 saturated carbocycles. The first-order valence-electron chi connectivity index (χ1n) is 11.5. The second-order valence-corrected chi connectivity index (χ2v) is 9.43. The predicted octanol–water partition coefficient (Wildman–Crippen LogP) is 1.64. The highest BCUT2D eigenvalue weighted by molar-refractivity contribution is 5.92. The number of carbonyl (C=O) groups excluding carboxylic acids is 3. The van der Waals surface area contributed by atoms with Crippen molar-refractivity contribution in [3.63, 3.8) is 0 Å². The zero-order valence-corrected chi connectivity index (χ0v) is 19.0. The summed E-state index contributed by atoms with van der Waals surface area (Å²) >= 11 is 0. The van der Waals surface area contributed by atoms with Crippen molar-refractivity contribution in [2.24, 2.45) is 11.8 Å². The van der Waals surface area contributed by atoms with Crippen molar-refractivity contribution in [2.45, 2.75) is 58.5 Å². The van der Waals surface area contributed by atoms with E-state index in [2.05, 4.69) is 20.8 Å². The molecule has 0 radical (unpaired) electrons. The molecular weight excluding hydrogens is 384 g/mol. The molecule has 0 aromatic heterocycles. The van der Waals surface area contributed by atoms with Gasteiger partial charge in [-0.05, 0) is 37.5 Å². The van der Waals surface area contributed by atoms with E-state index >= 15 is 0 Å². The van der Waals surface area contributed by atoms with Crippen molar-refractivity contribution >= 4 is 17.8 Å². The molecule has 170 valence electrons. The van der Waals surface area contributed by atoms with Crippen LogP contribution in [-0.4, -0.2) is 103 Å². The van der Waals surface area contributed by atoms with Gasteiger partial charge in [0.25, 0.3) is 0 Å². The molecule has 0 unspecified atom stereocenters. The first-order valence-corrected chi connectivity index (χ1v) is 11.5. The van der Waals surface area contributed by atoms with Crippen LogP contribution in [0.15, 0.2) is 0 Å². The molecule has 1 aliphatic carbocycles. The third-order valence-electron chi connectivity index (χ3n) is 6.29. The summed E-state index contributed by atoms with van der Waals surface area (Å²) in [7, 11) is 1.63. The highest BCUT2D eigenvalue weighted by Gasteiger charge is 2.49. The van der Waals surface area contributed by atoms with Crippen molar-refractivity contribution < 1.29 is 19.1 Å². The SMILES string of the molecule is CCCN(CC1CC1)C(=O)CN1C[C@@H]2CN(CCOC)C(=O)[C@H](CC(C)C)N2C1=O. The van der Waals surface area contributed by atoms with Crippen LogP contribution in [0.3, 0.4) is 0 Å². The molecular formula is C22H38N4O4. The molecule has 3 fully saturated rings. The number of rotatable bonds is 11. The molecule has 4 amide bonds. The molecule has 0 N–H and O–H groups in total. The van der Waals surface area contributed by atoms with Crippen molar-refractivity contribution in [3.8, 4) is 0 Å². The summed E-state index contributed by atoms with van der Waals surface area (Å²) in [5.41, 5.74) is 0. The number of hydrogen-bond donors (Lipinski definition) is 0. The topological polar surface area (TPSA) is 73.4 Å². The van der Waals surface area contributed by atoms with Crippen LogP contribution >= 0.6 is 0 Å². The van der Waals surface area contributed by atoms with Gasteiger partial charge in [0.15, 0.2) is 0 Å². The second-order valence-electron chi connectivity index (χ2n) is 9.43. The molecule has 2 atom stereocenters. The van der Waals surface area contributed by atoms with Crippen LogP contribution in [0.4, 0.5) is 4.79 Å². The maximum absolute atomic E-state index is 13.2. The smallest absolute Gasteiger partial charge is 0.321 e. The van der Waals surface area contributed by atoms with Crippen LogP contribution < -0.4 is 0 Å². The third kappa shape index (κ3) is 5.25. The van der Waals surface area contributed by atoms with Crippen molar-refractivity contribution in [2.75, 3.05) is 53.0 Å². The summed E-state index contributed by atoms with van der Waals surface area (Å²) in [6, 6.07) is -0.681. The molecule has 2 heterocycles. The van der Waals surface area contributed by atoms with Crippen LogP contribution in [0.2, 0.25) is 0 Å². The van der Waals surface area contributed by atoms with E-state index < -0.39 is 6.04 Å². The van der Waals surface area contributed by atoms with Crippen LogP contribution in [0, 0.1) is 11.8 Å². The van der Waals surface area contributed by atoms with Gasteiger partial charge >= 0.3 is 6.03 Å². The number of amides is 4. The molecule has 3 aliphatic rings. The monoisotopic (exact) mass is 422 g/mol. The van der Waals surface area contributed by atoms with Gasteiger partial charge in [0.2, 0.25) is 11.8 Å². The number of fused-ring (bicyclic) bond motifs is 1. The van der Waals surface area contributed by atoms with Gasteiger partial charge in [-0.15, -0.1) is 0 Å². The number of carbonyl (C=O) groups is 3. The Kier molecular flexibility index (Phi) is 7.60. The van der Waals surface area contributed by atoms with E-state index in [0.29, 0.717) is 44.5 Å². The van der Waals surface area contributed by atoms with Crippen molar-refractivity contribution in [3.05, 3.63) is 0 Å². The minimum atomic E-state index is -0.452. The van der Waals surface area contributed by atoms with Crippen LogP contribution in [0.1, 0.15) is 46.5 Å². The normalized spacial score (nSPS) is 24.1. The number of ether oxygens (including phenoxy) is 1. The molecule has 0 aromatic carbocycles. The molecule has 3 rings (SSSR count). The highest BCUT2D eigenvalue weighted by atomic mass is 16.5. The van der Waals surface area contributed by atoms with Crippen LogP contribution in [0.25, 0.3) is 0 Å². The lowest BCUT2D eigenvalue weighted by Gasteiger charge is -2.42. The number of piperazine rings is 1. The fourth-order valence-corrected chi connectivity index (χ4v) is 4.61. The lowest BCUT2D eigenvalue weighted by molar-refractivity contribution is -0.143. The van der Waals surface area contributed by atoms with E-state index in [1.54, 1.807) is 16.9 Å². The molecule has 2 saturated heterocycles. The summed E-state index contributed by atoms with van der Waals surface area (Å²) in [5, 5.41) is 0. The summed E-state index contributed by atoms with van der Waals surface area (Å²) in [4.78, 5) is 46.4. The van der Waals surface area contributed by atoms with Gasteiger partial charge in [0, 0.05) is 39.8 Å². The number of urea groups is 1. The Morgan fingerprint density at radius 2 is 1.90 bits per heavy atom. The third-order valence-corrected chi connectivity index (χ3v) is 6.29. The minimum Gasteiger partial charge on any atom is -0.383 e. The molecule has 2 aliphatic heterocycles. The van der Waals surface area contributed by atoms with E-state index in [4.69, 9.17) is 4.74 Å². The summed E-state index contributed by atoms with van der Waals surface area (Å²) in [6.45, 7) is 9.89. The van der Waals surface area contributed by atoms with E-state index in [1.807, 2.05) is 9.80 Å². The second kappa shape index (κ2) is 9.98. The molecule has 0 aromatic rings. The van der Waals surface area contributed by atoms with E-state index in [9.17, 15) is 14.4 Å². The van der Waals surface area contributed by atoms with Crippen molar-refractivity contribution in [1.29, 1.82) is 0 Å². The van der Waals surface area contributed by atoms with Gasteiger partial charge in [-0.1, -0.05) is 20.8 Å². The van der Waals surface area contributed by atoms with E-state index in [-0.39, 0.29) is 30.4 Å². The Balaban J connectivity index is 1.70. The minimum absolute atomic E-state index is 0.000121. The number of methoxy groups -OCH3 is 1. The molecule has 0 bridgehead atoms. The maximum Gasteiger partial charge on any atom is 0.321 e. The van der Waals surface area contributed by atoms with E-state index in [1.165, 1.54) is 12.8 Å². The first kappa shape index (κ1) is 22.8. The first-order chi connectivity index (χ1) is 14.3. The maximum atomic E-state index is 13.2. The quantitative estimate of drug-likeness (QED) is 0.507. The fourth-order valence-electron chi connectivity index (χ4n) is 4.61. The van der Waals surface area contributed by atoms with Gasteiger partial charge in [-0.3, -0.25) is 9.59 Å². The van der Waals surface area contributed by atoms with Gasteiger partial charge in [0.1, 0.15) is 12.6 Å². The Hall–Kier alpha value is -1.83. The highest BCUT2D eigenvalue weighted by Crippen LogP contribution is 2.31.